The Morgan fingerprint density at radius 1 is 1.23 bits per heavy atom. The fourth-order valence-electron chi connectivity index (χ4n) is 2.79. The Kier molecular flexibility index (Phi) is 5.03. The predicted molar refractivity (Wildman–Crippen MR) is 103 cm³/mol. The summed E-state index contributed by atoms with van der Waals surface area (Å²) < 4.78 is 9.80. The molecular formula is C18H22N6OS. The number of aromatic nitrogens is 5. The van der Waals surface area contributed by atoms with Crippen molar-refractivity contribution in [3.05, 3.63) is 56.9 Å². The maximum Gasteiger partial charge on any atom is 0.216 e. The van der Waals surface area contributed by atoms with Crippen molar-refractivity contribution in [2.45, 2.75) is 34.3 Å². The minimum absolute atomic E-state index is 0.265. The largest absolute Gasteiger partial charge is 0.485 e. The number of aryl methyl sites for hydroxylation is 4. The molecule has 0 saturated heterocycles. The van der Waals surface area contributed by atoms with E-state index < -0.39 is 0 Å². The second kappa shape index (κ2) is 7.25. The molecule has 0 spiro atoms. The van der Waals surface area contributed by atoms with E-state index in [1.165, 1.54) is 0 Å². The van der Waals surface area contributed by atoms with E-state index in [0.717, 1.165) is 33.8 Å². The third-order valence-electron chi connectivity index (χ3n) is 4.34. The first-order valence-corrected chi connectivity index (χ1v) is 8.69. The highest BCUT2D eigenvalue weighted by molar-refractivity contribution is 7.71. The molecule has 2 heterocycles. The van der Waals surface area contributed by atoms with E-state index in [2.05, 4.69) is 20.4 Å². The van der Waals surface area contributed by atoms with E-state index in [1.807, 2.05) is 57.6 Å². The van der Waals surface area contributed by atoms with E-state index in [-0.39, 0.29) is 6.61 Å². The Morgan fingerprint density at radius 2 is 1.92 bits per heavy atom. The second-order valence-corrected chi connectivity index (χ2v) is 6.61. The Balaban J connectivity index is 1.85. The Labute approximate surface area is 157 Å². The molecule has 0 aliphatic rings. The minimum Gasteiger partial charge on any atom is -0.485 e. The summed E-state index contributed by atoms with van der Waals surface area (Å²) in [6.45, 7) is 8.26. The lowest BCUT2D eigenvalue weighted by Gasteiger charge is -2.11. The third kappa shape index (κ3) is 3.45. The highest BCUT2D eigenvalue weighted by Crippen LogP contribution is 2.23. The molecule has 0 fully saturated rings. The second-order valence-electron chi connectivity index (χ2n) is 6.22. The molecule has 2 aromatic heterocycles. The highest BCUT2D eigenvalue weighted by atomic mass is 32.1. The number of hydrogen-bond donors (Lipinski definition) is 1. The topological polar surface area (TPSA) is 73.0 Å². The van der Waals surface area contributed by atoms with Gasteiger partial charge >= 0.3 is 0 Å². The number of nitrogens with one attached hydrogen (secondary N) is 1. The van der Waals surface area contributed by atoms with E-state index >= 15 is 0 Å². The standard InChI is InChI=1S/C18H22N6OS/c1-11-7-6-8-12(2)17(11)25-10-16-20-21-18(26)24(16)19-9-15-13(3)22-23(5)14(15)4/h6-9H,10H2,1-5H3,(H,21,26)/b19-9-. The monoisotopic (exact) mass is 370 g/mol. The molecular weight excluding hydrogens is 348 g/mol. The molecule has 0 aliphatic carbocycles. The van der Waals surface area contributed by atoms with Crippen molar-refractivity contribution in [3.8, 4) is 5.75 Å². The highest BCUT2D eigenvalue weighted by Gasteiger charge is 2.11. The Bertz CT molecular complexity index is 1010. The van der Waals surface area contributed by atoms with E-state index in [1.54, 1.807) is 10.9 Å². The summed E-state index contributed by atoms with van der Waals surface area (Å²) in [5, 5.41) is 15.9. The summed E-state index contributed by atoms with van der Waals surface area (Å²) in [4.78, 5) is 0. The molecule has 7 nitrogen and oxygen atoms in total. The number of ether oxygens (including phenoxy) is 1. The smallest absolute Gasteiger partial charge is 0.216 e. The van der Waals surface area contributed by atoms with Gasteiger partial charge in [0.25, 0.3) is 0 Å². The maximum absolute atomic E-state index is 5.97. The van der Waals surface area contributed by atoms with Crippen LogP contribution in [0.5, 0.6) is 5.75 Å². The van der Waals surface area contributed by atoms with Gasteiger partial charge in [-0.2, -0.15) is 20.0 Å². The van der Waals surface area contributed by atoms with Gasteiger partial charge in [0.05, 0.1) is 11.9 Å². The maximum atomic E-state index is 5.97. The van der Waals surface area contributed by atoms with Crippen molar-refractivity contribution in [1.82, 2.24) is 24.7 Å². The van der Waals surface area contributed by atoms with Crippen molar-refractivity contribution >= 4 is 18.4 Å². The number of nitrogens with zero attached hydrogens (tertiary/aromatic N) is 5. The molecule has 8 heteroatoms. The van der Waals surface area contributed by atoms with Gasteiger partial charge in [0, 0.05) is 18.3 Å². The fourth-order valence-corrected chi connectivity index (χ4v) is 2.99. The number of para-hydroxylation sites is 1. The van der Waals surface area contributed by atoms with Crippen LogP contribution in [0.4, 0.5) is 0 Å². The van der Waals surface area contributed by atoms with Crippen LogP contribution in [0.25, 0.3) is 0 Å². The van der Waals surface area contributed by atoms with Gasteiger partial charge in [-0.05, 0) is 51.0 Å². The summed E-state index contributed by atoms with van der Waals surface area (Å²) in [6, 6.07) is 6.05. The van der Waals surface area contributed by atoms with Crippen LogP contribution in [0.15, 0.2) is 23.3 Å². The zero-order chi connectivity index (χ0) is 18.8. The number of H-pyrrole nitrogens is 1. The number of benzene rings is 1. The summed E-state index contributed by atoms with van der Waals surface area (Å²) in [7, 11) is 1.91. The minimum atomic E-state index is 0.265. The average molecular weight is 370 g/mol. The summed E-state index contributed by atoms with van der Waals surface area (Å²) in [5.74, 6) is 1.46. The van der Waals surface area contributed by atoms with Crippen LogP contribution in [0.1, 0.15) is 33.9 Å². The van der Waals surface area contributed by atoms with Crippen molar-refractivity contribution in [2.75, 3.05) is 0 Å². The third-order valence-corrected chi connectivity index (χ3v) is 4.60. The summed E-state index contributed by atoms with van der Waals surface area (Å²) in [5.41, 5.74) is 5.08. The first kappa shape index (κ1) is 18.1. The van der Waals surface area contributed by atoms with Crippen molar-refractivity contribution in [1.29, 1.82) is 0 Å². The van der Waals surface area contributed by atoms with Gasteiger partial charge in [-0.15, -0.1) is 0 Å². The first-order chi connectivity index (χ1) is 12.4. The van der Waals surface area contributed by atoms with E-state index in [4.69, 9.17) is 17.0 Å². The lowest BCUT2D eigenvalue weighted by Crippen LogP contribution is -2.06. The number of rotatable bonds is 5. The number of aromatic amines is 1. The van der Waals surface area contributed by atoms with Crippen molar-refractivity contribution in [2.24, 2.45) is 12.1 Å². The van der Waals surface area contributed by atoms with Crippen LogP contribution in [0.3, 0.4) is 0 Å². The molecule has 136 valence electrons. The molecule has 0 bridgehead atoms. The number of hydrogen-bond acceptors (Lipinski definition) is 5. The fraction of sp³-hybridized carbons (Fsp3) is 0.333. The quantitative estimate of drug-likeness (QED) is 0.552. The Hall–Kier alpha value is -2.74. The van der Waals surface area contributed by atoms with Crippen LogP contribution in [-0.4, -0.2) is 30.9 Å². The molecule has 26 heavy (non-hydrogen) atoms. The van der Waals surface area contributed by atoms with E-state index in [0.29, 0.717) is 10.6 Å². The lowest BCUT2D eigenvalue weighted by atomic mass is 10.1. The Morgan fingerprint density at radius 3 is 2.54 bits per heavy atom. The van der Waals surface area contributed by atoms with Gasteiger partial charge in [-0.25, -0.2) is 5.10 Å². The van der Waals surface area contributed by atoms with Gasteiger partial charge in [0.1, 0.15) is 12.4 Å². The molecule has 1 N–H and O–H groups in total. The molecule has 0 unspecified atom stereocenters. The van der Waals surface area contributed by atoms with Crippen LogP contribution < -0.4 is 4.74 Å². The first-order valence-electron chi connectivity index (χ1n) is 8.28. The van der Waals surface area contributed by atoms with Crippen molar-refractivity contribution in [3.63, 3.8) is 0 Å². The van der Waals surface area contributed by atoms with E-state index in [9.17, 15) is 0 Å². The van der Waals surface area contributed by atoms with Gasteiger partial charge in [0.15, 0.2) is 5.82 Å². The molecule has 1 aromatic carbocycles. The summed E-state index contributed by atoms with van der Waals surface area (Å²) in [6.07, 6.45) is 1.76. The van der Waals surface area contributed by atoms with Crippen LogP contribution in [0.2, 0.25) is 0 Å². The molecule has 0 atom stereocenters. The van der Waals surface area contributed by atoms with Crippen LogP contribution >= 0.6 is 12.2 Å². The lowest BCUT2D eigenvalue weighted by molar-refractivity contribution is 0.287. The van der Waals surface area contributed by atoms with Gasteiger partial charge < -0.3 is 4.74 Å². The molecule has 0 radical (unpaired) electrons. The zero-order valence-corrected chi connectivity index (χ0v) is 16.4. The average Bonchev–Trinajstić information content (AvgIpc) is 3.05. The molecule has 0 aliphatic heterocycles. The summed E-state index contributed by atoms with van der Waals surface area (Å²) >= 11 is 5.30. The SMILES string of the molecule is Cc1cccc(C)c1OCc1n[nH]c(=S)n1/N=C\c1c(C)nn(C)c1C. The van der Waals surface area contributed by atoms with Crippen molar-refractivity contribution < 1.29 is 4.74 Å². The zero-order valence-electron chi connectivity index (χ0n) is 15.6. The van der Waals surface area contributed by atoms with Gasteiger partial charge in [0.2, 0.25) is 4.77 Å². The van der Waals surface area contributed by atoms with Crippen LogP contribution in [0, 0.1) is 32.5 Å². The van der Waals surface area contributed by atoms with Crippen LogP contribution in [-0.2, 0) is 13.7 Å². The molecule has 0 amide bonds. The molecule has 3 aromatic rings. The normalized spacial score (nSPS) is 11.4. The molecule has 3 rings (SSSR count). The van der Waals surface area contributed by atoms with Gasteiger partial charge in [-0.3, -0.25) is 4.68 Å². The van der Waals surface area contributed by atoms with Gasteiger partial charge in [-0.1, -0.05) is 18.2 Å². The predicted octanol–water partition coefficient (Wildman–Crippen LogP) is 3.37. The molecule has 0 saturated carbocycles.